The fraction of sp³-hybridized carbons (Fsp3) is 0.652. The van der Waals surface area contributed by atoms with Crippen LogP contribution in [0.15, 0.2) is 24.3 Å². The Balaban J connectivity index is 1.34. The van der Waals surface area contributed by atoms with Gasteiger partial charge in [0.1, 0.15) is 5.54 Å². The average molecular weight is 415 g/mol. The van der Waals surface area contributed by atoms with E-state index in [1.807, 2.05) is 11.9 Å². The molecule has 3 aliphatic rings. The maximum Gasteiger partial charge on any atom is 0.326 e. The highest BCUT2D eigenvalue weighted by Gasteiger charge is 2.50. The molecule has 1 aromatic carbocycles. The standard InChI is InChI=1S/C23H34N4O3/c1-25(17-19-7-9-20(10-8-19)26-13-15-30-16-14-26)18-27-21(28)23(24-22(27)29)11-5-3-2-4-6-12-23/h7-10H,2-6,11-18H2,1H3,(H,24,29). The van der Waals surface area contributed by atoms with Crippen molar-refractivity contribution in [2.75, 3.05) is 44.9 Å². The maximum atomic E-state index is 13.2. The van der Waals surface area contributed by atoms with E-state index in [0.29, 0.717) is 13.2 Å². The zero-order valence-corrected chi connectivity index (χ0v) is 18.1. The number of morpholine rings is 1. The van der Waals surface area contributed by atoms with E-state index in [1.165, 1.54) is 22.6 Å². The van der Waals surface area contributed by atoms with Gasteiger partial charge in [0.25, 0.3) is 5.91 Å². The molecule has 1 saturated carbocycles. The van der Waals surface area contributed by atoms with Crippen molar-refractivity contribution in [3.8, 4) is 0 Å². The van der Waals surface area contributed by atoms with Gasteiger partial charge < -0.3 is 15.0 Å². The molecule has 1 aliphatic carbocycles. The van der Waals surface area contributed by atoms with Gasteiger partial charge in [0.15, 0.2) is 0 Å². The van der Waals surface area contributed by atoms with E-state index in [9.17, 15) is 9.59 Å². The largest absolute Gasteiger partial charge is 0.378 e. The predicted molar refractivity (Wildman–Crippen MR) is 116 cm³/mol. The van der Waals surface area contributed by atoms with Crippen LogP contribution in [-0.4, -0.2) is 67.3 Å². The monoisotopic (exact) mass is 414 g/mol. The maximum absolute atomic E-state index is 13.2. The molecule has 2 aliphatic heterocycles. The van der Waals surface area contributed by atoms with Gasteiger partial charge in [0, 0.05) is 25.3 Å². The van der Waals surface area contributed by atoms with Gasteiger partial charge in [-0.05, 0) is 37.6 Å². The Hall–Kier alpha value is -2.12. The van der Waals surface area contributed by atoms with Gasteiger partial charge in [-0.2, -0.15) is 0 Å². The van der Waals surface area contributed by atoms with Crippen molar-refractivity contribution in [3.63, 3.8) is 0 Å². The smallest absolute Gasteiger partial charge is 0.326 e. The molecule has 3 fully saturated rings. The minimum absolute atomic E-state index is 0.0380. The Labute approximate surface area is 179 Å². The van der Waals surface area contributed by atoms with Crippen molar-refractivity contribution in [3.05, 3.63) is 29.8 Å². The van der Waals surface area contributed by atoms with Crippen molar-refractivity contribution >= 4 is 17.6 Å². The molecule has 2 saturated heterocycles. The lowest BCUT2D eigenvalue weighted by Crippen LogP contribution is -2.48. The quantitative estimate of drug-likeness (QED) is 0.751. The molecule has 0 radical (unpaired) electrons. The van der Waals surface area contributed by atoms with Crippen LogP contribution >= 0.6 is 0 Å². The Bertz CT molecular complexity index is 737. The number of nitrogens with one attached hydrogen (secondary N) is 1. The van der Waals surface area contributed by atoms with Gasteiger partial charge in [-0.3, -0.25) is 9.69 Å². The molecule has 7 nitrogen and oxygen atoms in total. The minimum atomic E-state index is -0.669. The number of amides is 3. The van der Waals surface area contributed by atoms with Crippen molar-refractivity contribution in [1.82, 2.24) is 15.1 Å². The highest BCUT2D eigenvalue weighted by molar-refractivity contribution is 6.07. The molecular weight excluding hydrogens is 380 g/mol. The summed E-state index contributed by atoms with van der Waals surface area (Å²) in [6, 6.07) is 8.31. The zero-order chi connectivity index (χ0) is 21.0. The van der Waals surface area contributed by atoms with E-state index in [-0.39, 0.29) is 11.9 Å². The Morgan fingerprint density at radius 1 is 1.00 bits per heavy atom. The molecule has 2 heterocycles. The van der Waals surface area contributed by atoms with Gasteiger partial charge in [0.2, 0.25) is 0 Å². The first-order chi connectivity index (χ1) is 14.6. The van der Waals surface area contributed by atoms with Gasteiger partial charge >= 0.3 is 6.03 Å². The third-order valence-corrected chi connectivity index (χ3v) is 6.60. The summed E-state index contributed by atoms with van der Waals surface area (Å²) in [5.74, 6) is -0.0380. The first-order valence-electron chi connectivity index (χ1n) is 11.3. The third kappa shape index (κ3) is 4.62. The molecule has 1 aromatic rings. The summed E-state index contributed by atoms with van der Waals surface area (Å²) in [5, 5.41) is 3.04. The molecule has 164 valence electrons. The van der Waals surface area contributed by atoms with Crippen LogP contribution in [0.5, 0.6) is 0 Å². The lowest BCUT2D eigenvalue weighted by atomic mass is 9.84. The molecular formula is C23H34N4O3. The molecule has 3 amide bonds. The number of benzene rings is 1. The predicted octanol–water partition coefficient (Wildman–Crippen LogP) is 2.95. The second kappa shape index (κ2) is 9.35. The summed E-state index contributed by atoms with van der Waals surface area (Å²) in [4.78, 5) is 31.6. The lowest BCUT2D eigenvalue weighted by Gasteiger charge is -2.29. The number of nitrogens with zero attached hydrogens (tertiary/aromatic N) is 3. The number of hydrogen-bond acceptors (Lipinski definition) is 5. The fourth-order valence-corrected chi connectivity index (χ4v) is 4.89. The van der Waals surface area contributed by atoms with E-state index in [4.69, 9.17) is 4.74 Å². The fourth-order valence-electron chi connectivity index (χ4n) is 4.89. The SMILES string of the molecule is CN(Cc1ccc(N2CCOCC2)cc1)CN1C(=O)NC2(CCCCCCC2)C1=O. The topological polar surface area (TPSA) is 65.1 Å². The van der Waals surface area contributed by atoms with E-state index in [2.05, 4.69) is 34.5 Å². The van der Waals surface area contributed by atoms with Gasteiger partial charge in [-0.15, -0.1) is 0 Å². The van der Waals surface area contributed by atoms with E-state index in [0.717, 1.165) is 64.8 Å². The van der Waals surface area contributed by atoms with Gasteiger partial charge in [-0.1, -0.05) is 44.2 Å². The Morgan fingerprint density at radius 2 is 1.63 bits per heavy atom. The summed E-state index contributed by atoms with van der Waals surface area (Å²) in [6.07, 6.45) is 7.06. The van der Waals surface area contributed by atoms with Crippen LogP contribution in [0.25, 0.3) is 0 Å². The van der Waals surface area contributed by atoms with Crippen LogP contribution in [0.2, 0.25) is 0 Å². The van der Waals surface area contributed by atoms with E-state index < -0.39 is 5.54 Å². The number of ether oxygens (including phenoxy) is 1. The first-order valence-corrected chi connectivity index (χ1v) is 11.3. The third-order valence-electron chi connectivity index (χ3n) is 6.60. The normalized spacial score (nSPS) is 22.3. The number of imide groups is 1. The number of rotatable bonds is 5. The second-order valence-corrected chi connectivity index (χ2v) is 8.93. The van der Waals surface area contributed by atoms with Crippen LogP contribution < -0.4 is 10.2 Å². The van der Waals surface area contributed by atoms with Crippen molar-refractivity contribution < 1.29 is 14.3 Å². The molecule has 1 spiro atoms. The van der Waals surface area contributed by atoms with E-state index >= 15 is 0 Å². The number of carbonyl (C=O) groups is 2. The zero-order valence-electron chi connectivity index (χ0n) is 18.1. The molecule has 30 heavy (non-hydrogen) atoms. The van der Waals surface area contributed by atoms with Crippen molar-refractivity contribution in [1.29, 1.82) is 0 Å². The minimum Gasteiger partial charge on any atom is -0.378 e. The second-order valence-electron chi connectivity index (χ2n) is 8.93. The van der Waals surface area contributed by atoms with E-state index in [1.54, 1.807) is 0 Å². The summed E-state index contributed by atoms with van der Waals surface area (Å²) < 4.78 is 5.42. The summed E-state index contributed by atoms with van der Waals surface area (Å²) in [6.45, 7) is 4.40. The first kappa shape index (κ1) is 21.1. The highest BCUT2D eigenvalue weighted by Crippen LogP contribution is 2.32. The van der Waals surface area contributed by atoms with Crippen molar-refractivity contribution in [2.24, 2.45) is 0 Å². The van der Waals surface area contributed by atoms with Gasteiger partial charge in [-0.25, -0.2) is 9.69 Å². The number of urea groups is 1. The number of anilines is 1. The molecule has 0 aromatic heterocycles. The van der Waals surface area contributed by atoms with Gasteiger partial charge in [0.05, 0.1) is 19.9 Å². The molecule has 0 atom stereocenters. The average Bonchev–Trinajstić information content (AvgIpc) is 2.97. The summed E-state index contributed by atoms with van der Waals surface area (Å²) in [5.41, 5.74) is 1.71. The summed E-state index contributed by atoms with van der Waals surface area (Å²) >= 11 is 0. The number of hydrogen-bond donors (Lipinski definition) is 1. The van der Waals surface area contributed by atoms with Crippen LogP contribution in [0, 0.1) is 0 Å². The van der Waals surface area contributed by atoms with Crippen molar-refractivity contribution in [2.45, 2.75) is 57.0 Å². The van der Waals surface area contributed by atoms with Crippen LogP contribution in [0.3, 0.4) is 0 Å². The lowest BCUT2D eigenvalue weighted by molar-refractivity contribution is -0.133. The molecule has 0 unspecified atom stereocenters. The highest BCUT2D eigenvalue weighted by atomic mass is 16.5. The van der Waals surface area contributed by atoms with Crippen LogP contribution in [-0.2, 0) is 16.1 Å². The number of carbonyl (C=O) groups excluding carboxylic acids is 2. The summed E-state index contributed by atoms with van der Waals surface area (Å²) in [7, 11) is 1.96. The molecule has 1 N–H and O–H groups in total. The Kier molecular flexibility index (Phi) is 6.58. The molecule has 0 bridgehead atoms. The van der Waals surface area contributed by atoms with Crippen LogP contribution in [0.4, 0.5) is 10.5 Å². The van der Waals surface area contributed by atoms with Crippen LogP contribution in [0.1, 0.15) is 50.5 Å². The molecule has 4 rings (SSSR count). The Morgan fingerprint density at radius 3 is 2.30 bits per heavy atom. The molecule has 7 heteroatoms.